The Hall–Kier alpha value is -4.21. The predicted molar refractivity (Wildman–Crippen MR) is 152 cm³/mol. The van der Waals surface area contributed by atoms with Gasteiger partial charge in [0.25, 0.3) is 5.56 Å². The Balaban J connectivity index is 1.61. The molecule has 40 heavy (non-hydrogen) atoms. The summed E-state index contributed by atoms with van der Waals surface area (Å²) in [6.45, 7) is 5.66. The number of furan rings is 1. The molecule has 8 nitrogen and oxygen atoms in total. The molecule has 2 aromatic carbocycles. The highest BCUT2D eigenvalue weighted by Crippen LogP contribution is 2.32. The average Bonchev–Trinajstić information content (AvgIpc) is 3.52. The maximum absolute atomic E-state index is 13.8. The average molecular weight is 577 g/mol. The van der Waals surface area contributed by atoms with Gasteiger partial charge in [0.1, 0.15) is 11.5 Å². The zero-order chi connectivity index (χ0) is 28.6. The number of ether oxygens (including phenoxy) is 2. The number of halogens is 1. The molecule has 1 atom stereocenters. The number of aryl methyl sites for hydroxylation is 1. The number of carbonyl (C=O) groups is 2. The molecule has 5 rings (SSSR count). The second kappa shape index (κ2) is 11.1. The first-order chi connectivity index (χ1) is 19.2. The van der Waals surface area contributed by atoms with Crippen LogP contribution in [0.25, 0.3) is 17.4 Å². The van der Waals surface area contributed by atoms with E-state index in [0.29, 0.717) is 48.3 Å². The molecular weight excluding hydrogens is 552 g/mol. The third kappa shape index (κ3) is 5.05. The summed E-state index contributed by atoms with van der Waals surface area (Å²) in [5.74, 6) is -0.169. The van der Waals surface area contributed by atoms with Crippen molar-refractivity contribution in [3.8, 4) is 11.3 Å². The number of esters is 2. The van der Waals surface area contributed by atoms with Crippen molar-refractivity contribution in [1.29, 1.82) is 0 Å². The van der Waals surface area contributed by atoms with Crippen molar-refractivity contribution in [2.24, 2.45) is 4.99 Å². The second-order valence-electron chi connectivity index (χ2n) is 9.10. The molecule has 0 saturated heterocycles. The Kier molecular flexibility index (Phi) is 7.60. The van der Waals surface area contributed by atoms with Gasteiger partial charge in [-0.3, -0.25) is 9.36 Å². The lowest BCUT2D eigenvalue weighted by atomic mass is 9.95. The molecular formula is C30H25ClN2O6S. The Morgan fingerprint density at radius 2 is 1.85 bits per heavy atom. The first-order valence-corrected chi connectivity index (χ1v) is 13.7. The third-order valence-electron chi connectivity index (χ3n) is 6.46. The highest BCUT2D eigenvalue weighted by molar-refractivity contribution is 7.07. The van der Waals surface area contributed by atoms with Crippen LogP contribution in [0.4, 0.5) is 0 Å². The SMILES string of the molecule is CCOC(=O)C1=C(C)N=c2s/c(=C\c3ccc(-c4cc(C(=O)OC)ccc4Cl)o3)c(=O)n2[C@@H]1c1ccc(C)cc1. The zero-order valence-corrected chi connectivity index (χ0v) is 23.8. The summed E-state index contributed by atoms with van der Waals surface area (Å²) in [6, 6.07) is 15.2. The van der Waals surface area contributed by atoms with Crippen LogP contribution < -0.4 is 14.9 Å². The van der Waals surface area contributed by atoms with E-state index in [2.05, 4.69) is 4.99 Å². The van der Waals surface area contributed by atoms with Crippen LogP contribution in [-0.2, 0) is 14.3 Å². The largest absolute Gasteiger partial charge is 0.465 e. The molecule has 2 aromatic heterocycles. The van der Waals surface area contributed by atoms with Crippen molar-refractivity contribution in [1.82, 2.24) is 4.57 Å². The quantitative estimate of drug-likeness (QED) is 0.306. The molecule has 204 valence electrons. The van der Waals surface area contributed by atoms with E-state index in [4.69, 9.17) is 25.5 Å². The van der Waals surface area contributed by atoms with Gasteiger partial charge in [0.05, 0.1) is 46.1 Å². The number of rotatable bonds is 6. The van der Waals surface area contributed by atoms with Crippen LogP contribution in [0.15, 0.2) is 80.1 Å². The van der Waals surface area contributed by atoms with Gasteiger partial charge in [-0.05, 0) is 56.7 Å². The molecule has 0 aliphatic carbocycles. The molecule has 0 radical (unpaired) electrons. The second-order valence-corrected chi connectivity index (χ2v) is 10.5. The van der Waals surface area contributed by atoms with Crippen LogP contribution in [0.1, 0.15) is 47.1 Å². The molecule has 0 spiro atoms. The van der Waals surface area contributed by atoms with Crippen molar-refractivity contribution >= 4 is 41.0 Å². The fraction of sp³-hybridized carbons (Fsp3) is 0.200. The van der Waals surface area contributed by atoms with Gasteiger partial charge in [0.15, 0.2) is 4.80 Å². The van der Waals surface area contributed by atoms with Gasteiger partial charge in [-0.25, -0.2) is 14.6 Å². The Morgan fingerprint density at radius 3 is 2.55 bits per heavy atom. The number of benzene rings is 2. The van der Waals surface area contributed by atoms with Crippen LogP contribution in [0.3, 0.4) is 0 Å². The maximum atomic E-state index is 13.8. The number of allylic oxidation sites excluding steroid dienone is 1. The number of hydrogen-bond donors (Lipinski definition) is 0. The molecule has 0 saturated carbocycles. The van der Waals surface area contributed by atoms with Crippen LogP contribution in [-0.4, -0.2) is 30.2 Å². The number of aromatic nitrogens is 1. The van der Waals surface area contributed by atoms with Crippen LogP contribution in [0.5, 0.6) is 0 Å². The monoisotopic (exact) mass is 576 g/mol. The summed E-state index contributed by atoms with van der Waals surface area (Å²) in [4.78, 5) is 43.8. The van der Waals surface area contributed by atoms with Crippen molar-refractivity contribution < 1.29 is 23.5 Å². The van der Waals surface area contributed by atoms with Gasteiger partial charge < -0.3 is 13.9 Å². The van der Waals surface area contributed by atoms with E-state index in [0.717, 1.165) is 11.1 Å². The number of nitrogens with zero attached hydrogens (tertiary/aromatic N) is 2. The normalized spacial score (nSPS) is 15.0. The van der Waals surface area contributed by atoms with Crippen LogP contribution in [0.2, 0.25) is 5.02 Å². The molecule has 0 bridgehead atoms. The van der Waals surface area contributed by atoms with E-state index in [1.54, 1.807) is 50.3 Å². The molecule has 0 N–H and O–H groups in total. The fourth-order valence-electron chi connectivity index (χ4n) is 4.52. The van der Waals surface area contributed by atoms with Gasteiger partial charge in [-0.2, -0.15) is 0 Å². The van der Waals surface area contributed by atoms with Gasteiger partial charge >= 0.3 is 11.9 Å². The Labute approximate surface area is 238 Å². The number of thiazole rings is 1. The van der Waals surface area contributed by atoms with E-state index < -0.39 is 18.0 Å². The molecule has 1 aliphatic rings. The van der Waals surface area contributed by atoms with E-state index in [1.807, 2.05) is 31.2 Å². The number of hydrogen-bond acceptors (Lipinski definition) is 8. The minimum absolute atomic E-state index is 0.202. The highest BCUT2D eigenvalue weighted by Gasteiger charge is 2.33. The van der Waals surface area contributed by atoms with Gasteiger partial charge in [0.2, 0.25) is 0 Å². The number of fused-ring (bicyclic) bond motifs is 1. The van der Waals surface area contributed by atoms with Crippen molar-refractivity contribution in [2.75, 3.05) is 13.7 Å². The minimum Gasteiger partial charge on any atom is -0.465 e. The first kappa shape index (κ1) is 27.4. The topological polar surface area (TPSA) is 100 Å². The predicted octanol–water partition coefficient (Wildman–Crippen LogP) is 4.81. The van der Waals surface area contributed by atoms with E-state index in [-0.39, 0.29) is 12.2 Å². The van der Waals surface area contributed by atoms with Crippen molar-refractivity contribution in [3.05, 3.63) is 113 Å². The Bertz CT molecular complexity index is 1850. The fourth-order valence-corrected chi connectivity index (χ4v) is 5.76. The van der Waals surface area contributed by atoms with Crippen molar-refractivity contribution in [2.45, 2.75) is 26.8 Å². The van der Waals surface area contributed by atoms with Crippen molar-refractivity contribution in [3.63, 3.8) is 0 Å². The third-order valence-corrected chi connectivity index (χ3v) is 7.78. The summed E-state index contributed by atoms with van der Waals surface area (Å²) in [7, 11) is 1.30. The lowest BCUT2D eigenvalue weighted by Gasteiger charge is -2.24. The van der Waals surface area contributed by atoms with E-state index in [1.165, 1.54) is 23.0 Å². The summed E-state index contributed by atoms with van der Waals surface area (Å²) in [5, 5.41) is 0.396. The zero-order valence-electron chi connectivity index (χ0n) is 22.2. The summed E-state index contributed by atoms with van der Waals surface area (Å²) < 4.78 is 18.0. The summed E-state index contributed by atoms with van der Waals surface area (Å²) in [5.41, 5.74) is 3.18. The van der Waals surface area contributed by atoms with E-state index in [9.17, 15) is 14.4 Å². The number of methoxy groups -OCH3 is 1. The van der Waals surface area contributed by atoms with Gasteiger partial charge in [-0.1, -0.05) is 52.8 Å². The standard InChI is InChI=1S/C30H25ClN2O6S/c1-5-38-29(36)25-17(3)32-30-33(26(25)18-8-6-16(2)7-9-18)27(34)24(40-30)15-20-11-13-23(39-20)21-14-19(28(35)37-4)10-12-22(21)31/h6-15,26H,5H2,1-4H3/b24-15-/t26-/m1/s1. The molecule has 0 unspecified atom stereocenters. The van der Waals surface area contributed by atoms with Gasteiger partial charge in [-0.15, -0.1) is 0 Å². The molecule has 0 fully saturated rings. The lowest BCUT2D eigenvalue weighted by molar-refractivity contribution is -0.139. The molecule has 3 heterocycles. The minimum atomic E-state index is -0.690. The smallest absolute Gasteiger partial charge is 0.338 e. The lowest BCUT2D eigenvalue weighted by Crippen LogP contribution is -2.39. The molecule has 1 aliphatic heterocycles. The Morgan fingerprint density at radius 1 is 1.10 bits per heavy atom. The van der Waals surface area contributed by atoms with E-state index >= 15 is 0 Å². The van der Waals surface area contributed by atoms with Gasteiger partial charge in [0, 0.05) is 11.6 Å². The number of carbonyl (C=O) groups excluding carboxylic acids is 2. The highest BCUT2D eigenvalue weighted by atomic mass is 35.5. The maximum Gasteiger partial charge on any atom is 0.338 e. The molecule has 4 aromatic rings. The van der Waals surface area contributed by atoms with Crippen LogP contribution >= 0.6 is 22.9 Å². The summed E-state index contributed by atoms with van der Waals surface area (Å²) >= 11 is 7.57. The first-order valence-electron chi connectivity index (χ1n) is 12.5. The molecule has 10 heteroatoms. The molecule has 0 amide bonds. The summed E-state index contributed by atoms with van der Waals surface area (Å²) in [6.07, 6.45) is 1.63. The van der Waals surface area contributed by atoms with Crippen LogP contribution in [0, 0.1) is 6.92 Å².